The molecule has 2 aliphatic heterocycles. The van der Waals surface area contributed by atoms with Gasteiger partial charge in [0.25, 0.3) is 5.91 Å². The Bertz CT molecular complexity index is 716. The second kappa shape index (κ2) is 6.48. The summed E-state index contributed by atoms with van der Waals surface area (Å²) in [6.45, 7) is 0. The highest BCUT2D eigenvalue weighted by molar-refractivity contribution is 8.01. The third-order valence-corrected chi connectivity index (χ3v) is 6.93. The predicted molar refractivity (Wildman–Crippen MR) is 95.7 cm³/mol. The van der Waals surface area contributed by atoms with Crippen LogP contribution < -0.4 is 10.6 Å². The fraction of sp³-hybridized carbons (Fsp3) is 0.353. The summed E-state index contributed by atoms with van der Waals surface area (Å²) in [7, 11) is 0. The molecule has 0 spiro atoms. The fourth-order valence-corrected chi connectivity index (χ4v) is 5.55. The van der Waals surface area contributed by atoms with Crippen LogP contribution in [-0.4, -0.2) is 24.0 Å². The first-order valence-corrected chi connectivity index (χ1v) is 9.84. The van der Waals surface area contributed by atoms with Crippen LogP contribution in [0.2, 0.25) is 5.02 Å². The van der Waals surface area contributed by atoms with Crippen molar-refractivity contribution in [3.05, 3.63) is 46.3 Å². The topological polar surface area (TPSA) is 41.1 Å². The first-order chi connectivity index (χ1) is 11.2. The van der Waals surface area contributed by atoms with Crippen molar-refractivity contribution in [2.45, 2.75) is 46.5 Å². The van der Waals surface area contributed by atoms with E-state index < -0.39 is 0 Å². The van der Waals surface area contributed by atoms with Gasteiger partial charge in [-0.15, -0.1) is 11.3 Å². The van der Waals surface area contributed by atoms with Gasteiger partial charge >= 0.3 is 0 Å². The van der Waals surface area contributed by atoms with Crippen LogP contribution >= 0.6 is 34.7 Å². The average molecular weight is 365 g/mol. The van der Waals surface area contributed by atoms with Crippen molar-refractivity contribution in [3.63, 3.8) is 0 Å². The predicted octanol–water partition coefficient (Wildman–Crippen LogP) is 4.18. The molecular weight excluding hydrogens is 348 g/mol. The smallest absolute Gasteiger partial charge is 0.251 e. The van der Waals surface area contributed by atoms with E-state index in [1.807, 2.05) is 35.7 Å². The number of rotatable bonds is 4. The van der Waals surface area contributed by atoms with Gasteiger partial charge in [0.2, 0.25) is 0 Å². The van der Waals surface area contributed by atoms with Crippen LogP contribution in [0.15, 0.2) is 44.8 Å². The summed E-state index contributed by atoms with van der Waals surface area (Å²) in [6.07, 6.45) is 3.48. The molecule has 0 unspecified atom stereocenters. The molecule has 23 heavy (non-hydrogen) atoms. The summed E-state index contributed by atoms with van der Waals surface area (Å²) < 4.78 is 1.15. The molecule has 2 N–H and O–H groups in total. The number of thiophene rings is 1. The van der Waals surface area contributed by atoms with Gasteiger partial charge in [-0.25, -0.2) is 0 Å². The molecule has 3 nitrogen and oxygen atoms in total. The lowest BCUT2D eigenvalue weighted by molar-refractivity contribution is 0.0931. The number of benzene rings is 1. The minimum Gasteiger partial charge on any atom is -0.348 e. The molecule has 1 amide bonds. The molecule has 2 aliphatic rings. The summed E-state index contributed by atoms with van der Waals surface area (Å²) in [5.74, 6) is 0.0278. The van der Waals surface area contributed by atoms with Crippen molar-refractivity contribution in [1.29, 1.82) is 0 Å². The molecule has 4 rings (SSSR count). The minimum atomic E-state index is 0.0278. The Balaban J connectivity index is 1.38. The maximum atomic E-state index is 12.4. The van der Waals surface area contributed by atoms with Gasteiger partial charge < -0.3 is 10.6 Å². The molecular formula is C17H17ClN2OS2. The average Bonchev–Trinajstić information content (AvgIpc) is 3.25. The largest absolute Gasteiger partial charge is 0.348 e. The van der Waals surface area contributed by atoms with Crippen molar-refractivity contribution in [2.75, 3.05) is 0 Å². The maximum Gasteiger partial charge on any atom is 0.251 e. The first-order valence-electron chi connectivity index (χ1n) is 7.76. The Morgan fingerprint density at radius 1 is 1.30 bits per heavy atom. The fourth-order valence-electron chi connectivity index (χ4n) is 3.37. The van der Waals surface area contributed by atoms with Gasteiger partial charge in [0, 0.05) is 34.0 Å². The number of amides is 1. The standard InChI is InChI=1S/C17H17ClN2OS2/c18-11-7-16(22-9-11)23-13-4-1-10(2-5-13)17(21)20-15-8-12-3-6-14(15)19-12/h1-2,4-5,7,9,12,14-15,19H,3,6,8H2,(H,20,21)/t12-,14+,15-/m1/s1. The Hall–Kier alpha value is -1.01. The van der Waals surface area contributed by atoms with E-state index in [0.29, 0.717) is 12.1 Å². The van der Waals surface area contributed by atoms with Crippen LogP contribution in [0, 0.1) is 0 Å². The highest BCUT2D eigenvalue weighted by Crippen LogP contribution is 2.34. The Morgan fingerprint density at radius 3 is 2.74 bits per heavy atom. The van der Waals surface area contributed by atoms with Gasteiger partial charge in [-0.3, -0.25) is 4.79 Å². The number of carbonyl (C=O) groups excluding carboxylic acids is 1. The monoisotopic (exact) mass is 364 g/mol. The second-order valence-corrected chi connectivity index (χ2v) is 8.79. The van der Waals surface area contributed by atoms with E-state index in [9.17, 15) is 4.79 Å². The van der Waals surface area contributed by atoms with E-state index in [4.69, 9.17) is 11.6 Å². The number of nitrogens with one attached hydrogen (secondary N) is 2. The van der Waals surface area contributed by atoms with Crippen LogP contribution in [0.4, 0.5) is 0 Å². The van der Waals surface area contributed by atoms with E-state index in [1.54, 1.807) is 23.1 Å². The van der Waals surface area contributed by atoms with Crippen molar-refractivity contribution < 1.29 is 4.79 Å². The van der Waals surface area contributed by atoms with Gasteiger partial charge in [-0.1, -0.05) is 23.4 Å². The van der Waals surface area contributed by atoms with Crippen LogP contribution in [0.3, 0.4) is 0 Å². The molecule has 1 aromatic carbocycles. The van der Waals surface area contributed by atoms with E-state index in [2.05, 4.69) is 10.6 Å². The number of hydrogen-bond donors (Lipinski definition) is 2. The summed E-state index contributed by atoms with van der Waals surface area (Å²) in [4.78, 5) is 13.5. The van der Waals surface area contributed by atoms with Crippen LogP contribution in [0.25, 0.3) is 0 Å². The molecule has 2 bridgehead atoms. The molecule has 0 saturated carbocycles. The molecule has 2 saturated heterocycles. The summed E-state index contributed by atoms with van der Waals surface area (Å²) in [5, 5.41) is 9.42. The Labute approximate surface area is 148 Å². The van der Waals surface area contributed by atoms with Crippen molar-refractivity contribution >= 4 is 40.6 Å². The van der Waals surface area contributed by atoms with Gasteiger partial charge in [-0.05, 0) is 49.6 Å². The molecule has 6 heteroatoms. The maximum absolute atomic E-state index is 12.4. The van der Waals surface area contributed by atoms with Crippen molar-refractivity contribution in [1.82, 2.24) is 10.6 Å². The molecule has 2 aromatic rings. The van der Waals surface area contributed by atoms with E-state index >= 15 is 0 Å². The van der Waals surface area contributed by atoms with Gasteiger partial charge in [0.15, 0.2) is 0 Å². The zero-order valence-electron chi connectivity index (χ0n) is 12.4. The van der Waals surface area contributed by atoms with Crippen LogP contribution in [0.1, 0.15) is 29.6 Å². The zero-order valence-corrected chi connectivity index (χ0v) is 14.8. The number of hydrogen-bond acceptors (Lipinski definition) is 4. The molecule has 1 aromatic heterocycles. The summed E-state index contributed by atoms with van der Waals surface area (Å²) >= 11 is 9.23. The highest BCUT2D eigenvalue weighted by Gasteiger charge is 2.39. The minimum absolute atomic E-state index is 0.0278. The van der Waals surface area contributed by atoms with Crippen molar-refractivity contribution in [2.24, 2.45) is 0 Å². The SMILES string of the molecule is O=C(N[C@@H]1C[C@H]2CC[C@@H]1N2)c1ccc(Sc2cc(Cl)cs2)cc1. The molecule has 2 fully saturated rings. The van der Waals surface area contributed by atoms with E-state index in [1.165, 1.54) is 12.8 Å². The number of carbonyl (C=O) groups is 1. The molecule has 3 atom stereocenters. The highest BCUT2D eigenvalue weighted by atomic mass is 35.5. The number of fused-ring (bicyclic) bond motifs is 2. The third kappa shape index (κ3) is 3.43. The number of halogens is 1. The quantitative estimate of drug-likeness (QED) is 0.855. The van der Waals surface area contributed by atoms with Crippen molar-refractivity contribution in [3.8, 4) is 0 Å². The van der Waals surface area contributed by atoms with E-state index in [-0.39, 0.29) is 11.9 Å². The normalized spacial score (nSPS) is 25.7. The summed E-state index contributed by atoms with van der Waals surface area (Å²) in [5.41, 5.74) is 0.723. The lowest BCUT2D eigenvalue weighted by atomic mass is 9.95. The zero-order chi connectivity index (χ0) is 15.8. The lowest BCUT2D eigenvalue weighted by Gasteiger charge is -2.21. The van der Waals surface area contributed by atoms with Crippen LogP contribution in [0.5, 0.6) is 0 Å². The molecule has 3 heterocycles. The second-order valence-electron chi connectivity index (χ2n) is 6.07. The van der Waals surface area contributed by atoms with Gasteiger partial charge in [-0.2, -0.15) is 0 Å². The van der Waals surface area contributed by atoms with Crippen LogP contribution in [-0.2, 0) is 0 Å². The molecule has 0 aliphatic carbocycles. The third-order valence-electron chi connectivity index (χ3n) is 4.49. The first kappa shape index (κ1) is 15.5. The molecule has 0 radical (unpaired) electrons. The lowest BCUT2D eigenvalue weighted by Crippen LogP contribution is -2.42. The molecule has 120 valence electrons. The van der Waals surface area contributed by atoms with Gasteiger partial charge in [0.1, 0.15) is 0 Å². The van der Waals surface area contributed by atoms with E-state index in [0.717, 1.165) is 26.1 Å². The summed E-state index contributed by atoms with van der Waals surface area (Å²) in [6, 6.07) is 11.1. The van der Waals surface area contributed by atoms with Gasteiger partial charge in [0.05, 0.1) is 9.23 Å². The Kier molecular flexibility index (Phi) is 4.37. The Morgan fingerprint density at radius 2 is 2.13 bits per heavy atom.